The molecule has 112 valence electrons. The van der Waals surface area contributed by atoms with Crippen molar-refractivity contribution in [3.05, 3.63) is 58.7 Å². The van der Waals surface area contributed by atoms with Gasteiger partial charge in [-0.25, -0.2) is 0 Å². The van der Waals surface area contributed by atoms with Gasteiger partial charge in [-0.05, 0) is 62.1 Å². The van der Waals surface area contributed by atoms with E-state index in [1.807, 2.05) is 52.0 Å². The summed E-state index contributed by atoms with van der Waals surface area (Å²) in [7, 11) is -3.65. The van der Waals surface area contributed by atoms with Crippen LogP contribution in [0.2, 0.25) is 0 Å². The highest BCUT2D eigenvalue weighted by molar-refractivity contribution is 8.35. The Morgan fingerprint density at radius 2 is 1.19 bits per heavy atom. The average molecular weight is 321 g/mol. The largest absolute Gasteiger partial charge is 0.634 e. The molecule has 0 heterocycles. The van der Waals surface area contributed by atoms with E-state index in [1.54, 1.807) is 12.1 Å². The van der Waals surface area contributed by atoms with Gasteiger partial charge < -0.3 is 26.2 Å². The molecule has 0 radical (unpaired) electrons. The molecule has 0 saturated heterocycles. The number of hydrogen-bond donors (Lipinski definition) is 0. The van der Waals surface area contributed by atoms with Crippen LogP contribution < -0.4 is 13.9 Å². The second-order valence-electron chi connectivity index (χ2n) is 5.03. The van der Waals surface area contributed by atoms with Crippen LogP contribution in [-0.2, 0) is 12.2 Å². The van der Waals surface area contributed by atoms with Crippen LogP contribution in [0.3, 0.4) is 0 Å². The predicted molar refractivity (Wildman–Crippen MR) is 87.4 cm³/mol. The van der Waals surface area contributed by atoms with E-state index in [2.05, 4.69) is 0 Å². The first-order valence-corrected chi connectivity index (χ1v) is 9.18. The predicted octanol–water partition coefficient (Wildman–Crippen LogP) is 3.96. The van der Waals surface area contributed by atoms with Gasteiger partial charge in [0.25, 0.3) is 0 Å². The van der Waals surface area contributed by atoms with Gasteiger partial charge in [-0.1, -0.05) is 24.3 Å². The lowest BCUT2D eigenvalue weighted by Gasteiger charge is -2.33. The van der Waals surface area contributed by atoms with Gasteiger partial charge in [0, 0.05) is 0 Å². The van der Waals surface area contributed by atoms with Crippen LogP contribution in [0.1, 0.15) is 22.3 Å². The van der Waals surface area contributed by atoms with Crippen molar-refractivity contribution in [3.8, 4) is 11.5 Å². The first kappa shape index (κ1) is 16.2. The van der Waals surface area contributed by atoms with Crippen LogP contribution >= 0.6 is 7.15 Å². The molecule has 2 rings (SSSR count). The third-order valence-corrected chi connectivity index (χ3v) is 4.82. The average Bonchev–Trinajstić information content (AvgIpc) is 2.40. The minimum atomic E-state index is -3.65. The topological polar surface area (TPSA) is 41.5 Å². The fourth-order valence-electron chi connectivity index (χ4n) is 1.91. The molecule has 0 aliphatic carbocycles. The molecule has 0 atom stereocenters. The molecular formula is C16H18O3PS-. The van der Waals surface area contributed by atoms with Gasteiger partial charge >= 0.3 is 0 Å². The van der Waals surface area contributed by atoms with Crippen LogP contribution in [0.5, 0.6) is 11.5 Å². The third-order valence-electron chi connectivity index (χ3n) is 3.53. The standard InChI is InChI=1S/C16H19O3PS/c1-11-7-5-9-15(13(11)3)18-20(17,21)19-16-10-6-8-12(2)14(16)4/h5-10H,1-4H3,(H,17,21)/p-1. The van der Waals surface area contributed by atoms with Crippen molar-refractivity contribution in [1.82, 2.24) is 0 Å². The summed E-state index contributed by atoms with van der Waals surface area (Å²) in [5.41, 5.74) is 3.92. The molecule has 5 heteroatoms. The Morgan fingerprint density at radius 1 is 0.810 bits per heavy atom. The lowest BCUT2D eigenvalue weighted by atomic mass is 10.1. The maximum atomic E-state index is 12.5. The minimum Gasteiger partial charge on any atom is -0.634 e. The molecule has 2 aromatic rings. The zero-order valence-corrected chi connectivity index (χ0v) is 14.3. The third kappa shape index (κ3) is 3.91. The highest BCUT2D eigenvalue weighted by atomic mass is 32.7. The Morgan fingerprint density at radius 3 is 1.57 bits per heavy atom. The van der Waals surface area contributed by atoms with E-state index in [0.29, 0.717) is 11.5 Å². The van der Waals surface area contributed by atoms with E-state index in [1.165, 1.54) is 0 Å². The summed E-state index contributed by atoms with van der Waals surface area (Å²) >= 11 is 5.02. The van der Waals surface area contributed by atoms with Crippen molar-refractivity contribution < 1.29 is 13.9 Å². The van der Waals surface area contributed by atoms with Crippen LogP contribution in [0.4, 0.5) is 0 Å². The number of aryl methyl sites for hydroxylation is 2. The van der Waals surface area contributed by atoms with E-state index in [9.17, 15) is 4.89 Å². The fourth-order valence-corrected chi connectivity index (χ4v) is 3.30. The van der Waals surface area contributed by atoms with Crippen LogP contribution in [-0.4, -0.2) is 0 Å². The monoisotopic (exact) mass is 321 g/mol. The molecule has 0 saturated carbocycles. The van der Waals surface area contributed by atoms with Crippen molar-refractivity contribution in [1.29, 1.82) is 0 Å². The molecule has 0 N–H and O–H groups in total. The lowest BCUT2D eigenvalue weighted by Crippen LogP contribution is -2.19. The van der Waals surface area contributed by atoms with E-state index in [4.69, 9.17) is 21.3 Å². The molecule has 0 fully saturated rings. The highest BCUT2D eigenvalue weighted by Gasteiger charge is 2.20. The lowest BCUT2D eigenvalue weighted by molar-refractivity contribution is -0.193. The van der Waals surface area contributed by atoms with Crippen LogP contribution in [0.15, 0.2) is 36.4 Å². The van der Waals surface area contributed by atoms with Crippen molar-refractivity contribution in [2.75, 3.05) is 0 Å². The molecule has 3 nitrogen and oxygen atoms in total. The fraction of sp³-hybridized carbons (Fsp3) is 0.250. The van der Waals surface area contributed by atoms with Gasteiger partial charge in [0.15, 0.2) is 11.5 Å². The molecule has 2 aromatic carbocycles. The Hall–Kier alpha value is -1.22. The minimum absolute atomic E-state index is 0.499. The van der Waals surface area contributed by atoms with Gasteiger partial charge in [0.1, 0.15) is 0 Å². The summed E-state index contributed by atoms with van der Waals surface area (Å²) in [4.78, 5) is 12.5. The second-order valence-corrected chi connectivity index (χ2v) is 7.63. The quantitative estimate of drug-likeness (QED) is 0.631. The molecule has 21 heavy (non-hydrogen) atoms. The van der Waals surface area contributed by atoms with Crippen molar-refractivity contribution in [3.63, 3.8) is 0 Å². The van der Waals surface area contributed by atoms with Gasteiger partial charge in [0.05, 0.1) is 0 Å². The first-order chi connectivity index (χ1) is 9.80. The van der Waals surface area contributed by atoms with E-state index >= 15 is 0 Å². The Balaban J connectivity index is 2.22. The Kier molecular flexibility index (Phi) is 4.82. The summed E-state index contributed by atoms with van der Waals surface area (Å²) in [5, 5.41) is 0. The molecule has 0 aliphatic rings. The molecular weight excluding hydrogens is 303 g/mol. The Labute approximate surface area is 131 Å². The summed E-state index contributed by atoms with van der Waals surface area (Å²) in [6.45, 7) is 7.72. The maximum absolute atomic E-state index is 12.5. The normalized spacial score (nSPS) is 11.3. The van der Waals surface area contributed by atoms with Crippen molar-refractivity contribution in [2.24, 2.45) is 0 Å². The molecule has 0 aromatic heterocycles. The first-order valence-electron chi connectivity index (χ1n) is 6.63. The smallest absolute Gasteiger partial charge is 0.212 e. The summed E-state index contributed by atoms with van der Waals surface area (Å²) in [5.74, 6) is 0.997. The van der Waals surface area contributed by atoms with Crippen LogP contribution in [0, 0.1) is 27.7 Å². The second kappa shape index (κ2) is 6.27. The molecule has 0 unspecified atom stereocenters. The van der Waals surface area contributed by atoms with E-state index < -0.39 is 7.15 Å². The number of benzene rings is 2. The van der Waals surface area contributed by atoms with Gasteiger partial charge in [0.2, 0.25) is 7.15 Å². The number of hydrogen-bond acceptors (Lipinski definition) is 4. The van der Waals surface area contributed by atoms with Gasteiger partial charge in [-0.15, -0.1) is 0 Å². The zero-order chi connectivity index (χ0) is 15.6. The van der Waals surface area contributed by atoms with Crippen molar-refractivity contribution in [2.45, 2.75) is 27.7 Å². The SMILES string of the molecule is Cc1cccc(O[P+]([O-])([S-])Oc2cccc(C)c2C)c1C. The zero-order valence-electron chi connectivity index (χ0n) is 12.5. The van der Waals surface area contributed by atoms with Gasteiger partial charge in [-0.3, -0.25) is 0 Å². The summed E-state index contributed by atoms with van der Waals surface area (Å²) in [6, 6.07) is 11.1. The molecule has 0 amide bonds. The molecule has 0 spiro atoms. The maximum Gasteiger partial charge on any atom is 0.212 e. The number of rotatable bonds is 4. The van der Waals surface area contributed by atoms with Crippen molar-refractivity contribution >= 4 is 19.4 Å². The summed E-state index contributed by atoms with van der Waals surface area (Å²) < 4.78 is 10.9. The van der Waals surface area contributed by atoms with Crippen LogP contribution in [0.25, 0.3) is 0 Å². The molecule has 0 bridgehead atoms. The molecule has 0 aliphatic heterocycles. The highest BCUT2D eigenvalue weighted by Crippen LogP contribution is 2.51. The van der Waals surface area contributed by atoms with E-state index in [0.717, 1.165) is 22.3 Å². The van der Waals surface area contributed by atoms with Gasteiger partial charge in [-0.2, -0.15) is 0 Å². The summed E-state index contributed by atoms with van der Waals surface area (Å²) in [6.07, 6.45) is 0. The van der Waals surface area contributed by atoms with E-state index in [-0.39, 0.29) is 0 Å². The Bertz CT molecular complexity index is 600.